The number of methoxy groups -OCH3 is 2. The highest BCUT2D eigenvalue weighted by atomic mass is 16.5. The van der Waals surface area contributed by atoms with E-state index in [4.69, 9.17) is 24.5 Å². The standard InChI is InChI=1S/C42H36N8O5/c1-8-23-20(2)26-14-30-25-11-12-41(16-43,17-44)42(18-45,19-46)40(25,5)31(48-30)15-28-21(3)24(9-10-32(51)54-6)36(49-28)34-35(39(53)55-7)38(52)33-22(4)27(50-37(33)34)13-29(23)47-26/h11,13-15,35,48,52H,8-10,12H2,1-7H3/t35-,40-/m1/s1. The van der Waals surface area contributed by atoms with Crippen LogP contribution in [0.4, 0.5) is 0 Å². The van der Waals surface area contributed by atoms with Gasteiger partial charge in [0, 0.05) is 35.4 Å². The summed E-state index contributed by atoms with van der Waals surface area (Å²) in [6.45, 7) is 9.27. The molecule has 274 valence electrons. The van der Waals surface area contributed by atoms with Crippen molar-refractivity contribution in [2.24, 2.45) is 37.1 Å². The highest BCUT2D eigenvalue weighted by Crippen LogP contribution is 2.66. The number of aliphatic imine (C=N–C) groups is 3. The number of rotatable bonds is 5. The van der Waals surface area contributed by atoms with E-state index in [9.17, 15) is 35.7 Å². The van der Waals surface area contributed by atoms with Crippen LogP contribution in [-0.4, -0.2) is 48.4 Å². The number of aliphatic hydroxyl groups excluding tert-OH is 1. The number of hydrogen-bond acceptors (Lipinski definition) is 13. The van der Waals surface area contributed by atoms with Gasteiger partial charge in [0.25, 0.3) is 0 Å². The summed E-state index contributed by atoms with van der Waals surface area (Å²) in [7, 11) is 2.52. The zero-order chi connectivity index (χ0) is 39.8. The normalized spacial score (nSPS) is 25.3. The van der Waals surface area contributed by atoms with Crippen LogP contribution in [0.3, 0.4) is 0 Å². The molecule has 0 unspecified atom stereocenters. The van der Waals surface area contributed by atoms with Crippen LogP contribution >= 0.6 is 0 Å². The van der Waals surface area contributed by atoms with Gasteiger partial charge in [-0.3, -0.25) is 9.59 Å². The van der Waals surface area contributed by atoms with Crippen LogP contribution in [0.5, 0.6) is 0 Å². The van der Waals surface area contributed by atoms with Gasteiger partial charge in [-0.05, 0) is 92.2 Å². The Balaban J connectivity index is 1.62. The molecule has 0 amide bonds. The Morgan fingerprint density at radius 2 is 1.60 bits per heavy atom. The molecule has 0 saturated carbocycles. The Morgan fingerprint density at radius 3 is 2.22 bits per heavy atom. The molecule has 7 rings (SSSR count). The minimum atomic E-state index is -2.19. The molecule has 5 aliphatic heterocycles. The van der Waals surface area contributed by atoms with Gasteiger partial charge in [-0.1, -0.05) is 13.0 Å². The Morgan fingerprint density at radius 1 is 0.927 bits per heavy atom. The van der Waals surface area contributed by atoms with Crippen LogP contribution in [0.2, 0.25) is 0 Å². The summed E-state index contributed by atoms with van der Waals surface area (Å²) >= 11 is 0. The second kappa shape index (κ2) is 12.6. The molecule has 0 aromatic carbocycles. The van der Waals surface area contributed by atoms with Crippen molar-refractivity contribution in [2.45, 2.75) is 60.3 Å². The third kappa shape index (κ3) is 4.63. The first-order valence-electron chi connectivity index (χ1n) is 17.8. The summed E-state index contributed by atoms with van der Waals surface area (Å²) in [5.41, 5.74) is 2.80. The van der Waals surface area contributed by atoms with Crippen molar-refractivity contribution in [2.75, 3.05) is 14.2 Å². The summed E-state index contributed by atoms with van der Waals surface area (Å²) in [6.07, 6.45) is 7.70. The number of ether oxygens (including phenoxy) is 2. The van der Waals surface area contributed by atoms with Crippen LogP contribution in [0.1, 0.15) is 60.3 Å². The third-order valence-corrected chi connectivity index (χ3v) is 12.1. The van der Waals surface area contributed by atoms with E-state index in [0.29, 0.717) is 85.5 Å². The molecule has 1 fully saturated rings. The first-order chi connectivity index (χ1) is 26.3. The van der Waals surface area contributed by atoms with Crippen LogP contribution < -0.4 is 5.32 Å². The molecular formula is C42H36N8O5. The maximum atomic E-state index is 13.5. The lowest BCUT2D eigenvalue weighted by Gasteiger charge is -2.46. The van der Waals surface area contributed by atoms with E-state index in [1.165, 1.54) is 14.2 Å². The first-order valence-corrected chi connectivity index (χ1v) is 17.8. The zero-order valence-electron chi connectivity index (χ0n) is 31.4. The Labute approximate surface area is 318 Å². The van der Waals surface area contributed by atoms with E-state index >= 15 is 0 Å². The van der Waals surface area contributed by atoms with E-state index < -0.39 is 34.1 Å². The second-order valence-electron chi connectivity index (χ2n) is 14.4. The molecule has 0 aromatic rings. The summed E-state index contributed by atoms with van der Waals surface area (Å²) in [4.78, 5) is 41.1. The minimum absolute atomic E-state index is 0.0320. The third-order valence-electron chi connectivity index (χ3n) is 12.1. The van der Waals surface area contributed by atoms with Gasteiger partial charge < -0.3 is 19.9 Å². The van der Waals surface area contributed by atoms with Crippen molar-refractivity contribution in [3.05, 3.63) is 103 Å². The minimum Gasteiger partial charge on any atom is -0.510 e. The average Bonchev–Trinajstić information content (AvgIpc) is 3.92. The summed E-state index contributed by atoms with van der Waals surface area (Å²) in [5.74, 6) is -2.72. The number of aliphatic hydroxyl groups is 1. The molecular weight excluding hydrogens is 697 g/mol. The van der Waals surface area contributed by atoms with Gasteiger partial charge in [-0.15, -0.1) is 0 Å². The van der Waals surface area contributed by atoms with Gasteiger partial charge in [0.15, 0.2) is 10.8 Å². The van der Waals surface area contributed by atoms with Crippen molar-refractivity contribution >= 4 is 29.1 Å². The predicted octanol–water partition coefficient (Wildman–Crippen LogP) is 6.16. The molecule has 2 atom stereocenters. The lowest BCUT2D eigenvalue weighted by Crippen LogP contribution is -2.53. The van der Waals surface area contributed by atoms with Gasteiger partial charge >= 0.3 is 11.9 Å². The fourth-order valence-electron chi connectivity index (χ4n) is 8.89. The Hall–Kier alpha value is -6.83. The van der Waals surface area contributed by atoms with Gasteiger partial charge in [0.1, 0.15) is 11.7 Å². The monoisotopic (exact) mass is 732 g/mol. The quantitative estimate of drug-likeness (QED) is 0.307. The SMILES string of the molecule is CCC1=C(C)C2=NC1=CC1=C(C)C3=C(O)[C@H](C(=O)OC)C(=C4N=C(C=C5NC(=C2)C2=CCC(C#N)(C#N)C(C#N)(C#N)[C@@]52C)C(C)=C4CCC(=O)OC)C3=N1. The van der Waals surface area contributed by atoms with E-state index in [0.717, 1.165) is 11.1 Å². The number of esters is 2. The van der Waals surface area contributed by atoms with Gasteiger partial charge in [0.2, 0.25) is 0 Å². The number of hydrogen-bond donors (Lipinski definition) is 2. The van der Waals surface area contributed by atoms with Crippen molar-refractivity contribution in [3.8, 4) is 24.3 Å². The summed E-state index contributed by atoms with van der Waals surface area (Å²) in [5, 5.41) is 58.1. The predicted molar refractivity (Wildman–Crippen MR) is 200 cm³/mol. The molecule has 13 nitrogen and oxygen atoms in total. The van der Waals surface area contributed by atoms with Crippen molar-refractivity contribution < 1.29 is 24.2 Å². The van der Waals surface area contributed by atoms with Crippen LogP contribution in [0, 0.1) is 67.5 Å². The van der Waals surface area contributed by atoms with Gasteiger partial charge in [0.05, 0.1) is 78.1 Å². The number of nitrogens with one attached hydrogen (secondary N) is 1. The molecule has 2 N–H and O–H groups in total. The number of allylic oxidation sites excluding steroid dienone is 12. The summed E-state index contributed by atoms with van der Waals surface area (Å²) < 4.78 is 10.2. The van der Waals surface area contributed by atoms with E-state index in [1.54, 1.807) is 26.0 Å². The number of nitriles is 4. The molecule has 8 bridgehead atoms. The van der Waals surface area contributed by atoms with E-state index in [-0.39, 0.29) is 25.0 Å². The molecule has 0 aromatic heterocycles. The molecule has 0 spiro atoms. The van der Waals surface area contributed by atoms with E-state index in [2.05, 4.69) is 17.5 Å². The van der Waals surface area contributed by atoms with Crippen LogP contribution in [0.15, 0.2) is 118 Å². The maximum Gasteiger partial charge on any atom is 0.321 e. The number of carbonyl (C=O) groups excluding carboxylic acids is 2. The highest BCUT2D eigenvalue weighted by Gasteiger charge is 2.71. The fraction of sp³-hybridized carbons (Fsp3) is 0.357. The molecule has 1 saturated heterocycles. The van der Waals surface area contributed by atoms with Crippen LogP contribution in [0.25, 0.3) is 0 Å². The van der Waals surface area contributed by atoms with Gasteiger partial charge in [-0.25, -0.2) is 15.0 Å². The van der Waals surface area contributed by atoms with E-state index in [1.807, 2.05) is 45.1 Å². The van der Waals surface area contributed by atoms with Crippen LogP contribution in [-0.2, 0) is 19.1 Å². The second-order valence-corrected chi connectivity index (χ2v) is 14.4. The van der Waals surface area contributed by atoms with Crippen molar-refractivity contribution in [1.82, 2.24) is 5.32 Å². The highest BCUT2D eigenvalue weighted by molar-refractivity contribution is 6.25. The smallest absolute Gasteiger partial charge is 0.321 e. The number of fused-ring (bicyclic) bond motifs is 8. The molecule has 0 radical (unpaired) electrons. The van der Waals surface area contributed by atoms with Crippen molar-refractivity contribution in [3.63, 3.8) is 0 Å². The number of carbonyl (C=O) groups is 2. The topological polar surface area (TPSA) is 217 Å². The van der Waals surface area contributed by atoms with Gasteiger partial charge in [-0.2, -0.15) is 21.0 Å². The fourth-order valence-corrected chi connectivity index (χ4v) is 8.89. The lowest BCUT2D eigenvalue weighted by atomic mass is 9.47. The Bertz CT molecular complexity index is 2500. The average molecular weight is 733 g/mol. The molecule has 5 heterocycles. The van der Waals surface area contributed by atoms with Crippen molar-refractivity contribution in [1.29, 1.82) is 21.0 Å². The largest absolute Gasteiger partial charge is 0.510 e. The zero-order valence-corrected chi connectivity index (χ0v) is 31.4. The molecule has 55 heavy (non-hydrogen) atoms. The maximum absolute atomic E-state index is 13.5. The summed E-state index contributed by atoms with van der Waals surface area (Å²) in [6, 6.07) is 8.32. The molecule has 2 aliphatic carbocycles. The lowest BCUT2D eigenvalue weighted by molar-refractivity contribution is -0.143. The molecule has 13 heteroatoms. The molecule has 7 aliphatic rings. The first kappa shape index (κ1) is 36.5. The Kier molecular flexibility index (Phi) is 8.40. The number of nitrogens with zero attached hydrogens (tertiary/aromatic N) is 7.